The summed E-state index contributed by atoms with van der Waals surface area (Å²) < 4.78 is 19.7. The van der Waals surface area contributed by atoms with Gasteiger partial charge in [0.25, 0.3) is 5.91 Å². The molecule has 1 N–H and O–H groups in total. The Labute approximate surface area is 195 Å². The van der Waals surface area contributed by atoms with Crippen molar-refractivity contribution in [3.05, 3.63) is 64.8 Å². The fraction of sp³-hybridized carbons (Fsp3) is 0.217. The standard InChI is InChI=1S/C23H18FN5O2S2/c24-14-1-2-20-16(9-14)27-23(33-20)28-21(30)17-12-32-22(26-17)13-3-6-29(7-4-13)18-10-25-11-19-15(18)5-8-31-19/h1-2,5,8-13H,3-4,6-7H2,(H,27,28,30). The van der Waals surface area contributed by atoms with Crippen LogP contribution in [0.2, 0.25) is 0 Å². The lowest BCUT2D eigenvalue weighted by Gasteiger charge is -2.32. The number of fused-ring (bicyclic) bond motifs is 2. The van der Waals surface area contributed by atoms with Crippen LogP contribution in [-0.4, -0.2) is 33.9 Å². The highest BCUT2D eigenvalue weighted by Gasteiger charge is 2.25. The molecule has 0 radical (unpaired) electrons. The van der Waals surface area contributed by atoms with Crippen LogP contribution >= 0.6 is 22.7 Å². The molecule has 0 atom stereocenters. The summed E-state index contributed by atoms with van der Waals surface area (Å²) in [5.41, 5.74) is 2.80. The van der Waals surface area contributed by atoms with Crippen LogP contribution in [0.3, 0.4) is 0 Å². The molecule has 0 aliphatic carbocycles. The lowest BCUT2D eigenvalue weighted by atomic mass is 9.97. The van der Waals surface area contributed by atoms with Crippen molar-refractivity contribution in [2.75, 3.05) is 23.3 Å². The van der Waals surface area contributed by atoms with Gasteiger partial charge in [-0.2, -0.15) is 0 Å². The molecule has 1 aliphatic heterocycles. The topological polar surface area (TPSA) is 84.2 Å². The van der Waals surface area contributed by atoms with E-state index < -0.39 is 0 Å². The Balaban J connectivity index is 1.12. The molecule has 0 spiro atoms. The molecule has 1 fully saturated rings. The molecule has 0 bridgehead atoms. The molecule has 1 amide bonds. The number of carbonyl (C=O) groups excluding carboxylic acids is 1. The second-order valence-electron chi connectivity index (χ2n) is 7.91. The highest BCUT2D eigenvalue weighted by molar-refractivity contribution is 7.22. The van der Waals surface area contributed by atoms with Crippen molar-refractivity contribution in [1.82, 2.24) is 15.0 Å². The van der Waals surface area contributed by atoms with Gasteiger partial charge < -0.3 is 9.32 Å². The van der Waals surface area contributed by atoms with Crippen LogP contribution in [-0.2, 0) is 0 Å². The smallest absolute Gasteiger partial charge is 0.276 e. The quantitative estimate of drug-likeness (QED) is 0.358. The first-order chi connectivity index (χ1) is 16.1. The third-order valence-electron chi connectivity index (χ3n) is 5.87. The molecule has 33 heavy (non-hydrogen) atoms. The molecule has 0 unspecified atom stereocenters. The van der Waals surface area contributed by atoms with Crippen molar-refractivity contribution >= 4 is 60.6 Å². The minimum atomic E-state index is -0.349. The molecular formula is C23H18FN5O2S2. The van der Waals surface area contributed by atoms with E-state index in [1.54, 1.807) is 23.9 Å². The maximum absolute atomic E-state index is 13.4. The Hall–Kier alpha value is -3.37. The first-order valence-electron chi connectivity index (χ1n) is 10.5. The van der Waals surface area contributed by atoms with E-state index in [-0.39, 0.29) is 11.7 Å². The van der Waals surface area contributed by atoms with Gasteiger partial charge in [0.15, 0.2) is 10.7 Å². The summed E-state index contributed by atoms with van der Waals surface area (Å²) in [6.07, 6.45) is 7.22. The van der Waals surface area contributed by atoms with Gasteiger partial charge in [-0.3, -0.25) is 15.1 Å². The number of thiazole rings is 2. The zero-order valence-electron chi connectivity index (χ0n) is 17.3. The summed E-state index contributed by atoms with van der Waals surface area (Å²) in [6.45, 7) is 1.78. The Morgan fingerprint density at radius 2 is 2.06 bits per heavy atom. The summed E-state index contributed by atoms with van der Waals surface area (Å²) in [6, 6.07) is 6.38. The average molecular weight is 480 g/mol. The number of aromatic nitrogens is 3. The Bertz CT molecular complexity index is 1470. The lowest BCUT2D eigenvalue weighted by molar-refractivity contribution is 0.102. The average Bonchev–Trinajstić information content (AvgIpc) is 3.57. The second kappa shape index (κ2) is 8.20. The monoisotopic (exact) mass is 479 g/mol. The molecule has 10 heteroatoms. The van der Waals surface area contributed by atoms with Gasteiger partial charge in [-0.25, -0.2) is 14.4 Å². The molecule has 1 saturated heterocycles. The zero-order chi connectivity index (χ0) is 22.4. The number of carbonyl (C=O) groups is 1. The van der Waals surface area contributed by atoms with E-state index >= 15 is 0 Å². The first kappa shape index (κ1) is 20.3. The van der Waals surface area contributed by atoms with Crippen molar-refractivity contribution in [2.24, 2.45) is 0 Å². The van der Waals surface area contributed by atoms with E-state index in [4.69, 9.17) is 4.42 Å². The van der Waals surface area contributed by atoms with Crippen LogP contribution in [0.5, 0.6) is 0 Å². The lowest BCUT2D eigenvalue weighted by Crippen LogP contribution is -2.33. The summed E-state index contributed by atoms with van der Waals surface area (Å²) in [5.74, 6) is -0.333. The minimum absolute atomic E-state index is 0.299. The Morgan fingerprint density at radius 3 is 2.94 bits per heavy atom. The van der Waals surface area contributed by atoms with E-state index in [1.807, 2.05) is 12.3 Å². The van der Waals surface area contributed by atoms with Gasteiger partial charge in [-0.1, -0.05) is 11.3 Å². The first-order valence-corrected chi connectivity index (χ1v) is 12.2. The number of amides is 1. The Kier molecular flexibility index (Phi) is 5.03. The number of hydrogen-bond acceptors (Lipinski definition) is 8. The number of piperidine rings is 1. The molecule has 1 aliphatic rings. The number of nitrogens with zero attached hydrogens (tertiary/aromatic N) is 4. The second-order valence-corrected chi connectivity index (χ2v) is 9.83. The normalized spacial score (nSPS) is 14.9. The molecule has 6 rings (SSSR count). The zero-order valence-corrected chi connectivity index (χ0v) is 19.0. The van der Waals surface area contributed by atoms with E-state index in [1.165, 1.54) is 34.8 Å². The number of rotatable bonds is 4. The predicted molar refractivity (Wildman–Crippen MR) is 128 cm³/mol. The largest absolute Gasteiger partial charge is 0.463 e. The van der Waals surface area contributed by atoms with Crippen LogP contribution in [0.25, 0.3) is 21.2 Å². The maximum atomic E-state index is 13.4. The highest BCUT2D eigenvalue weighted by Crippen LogP contribution is 2.35. The number of halogens is 1. The SMILES string of the molecule is O=C(Nc1nc2cc(F)ccc2s1)c1csc(C2CCN(c3cncc4occc34)CC2)n1. The number of nitrogens with one attached hydrogen (secondary N) is 1. The fourth-order valence-corrected chi connectivity index (χ4v) is 6.00. The van der Waals surface area contributed by atoms with Crippen molar-refractivity contribution in [3.63, 3.8) is 0 Å². The van der Waals surface area contributed by atoms with Crippen LogP contribution in [0.1, 0.15) is 34.3 Å². The van der Waals surface area contributed by atoms with Crippen LogP contribution in [0.15, 0.2) is 52.7 Å². The van der Waals surface area contributed by atoms with Crippen molar-refractivity contribution in [3.8, 4) is 0 Å². The number of furan rings is 1. The van der Waals surface area contributed by atoms with E-state index in [0.717, 1.165) is 52.3 Å². The van der Waals surface area contributed by atoms with Gasteiger partial charge in [0.1, 0.15) is 11.5 Å². The van der Waals surface area contributed by atoms with Gasteiger partial charge in [0.05, 0.1) is 39.6 Å². The van der Waals surface area contributed by atoms with Crippen molar-refractivity contribution in [2.45, 2.75) is 18.8 Å². The van der Waals surface area contributed by atoms with Crippen LogP contribution in [0, 0.1) is 5.82 Å². The third kappa shape index (κ3) is 3.85. The summed E-state index contributed by atoms with van der Waals surface area (Å²) >= 11 is 2.83. The number of anilines is 2. The minimum Gasteiger partial charge on any atom is -0.463 e. The fourth-order valence-electron chi connectivity index (χ4n) is 4.19. The Morgan fingerprint density at radius 1 is 1.18 bits per heavy atom. The van der Waals surface area contributed by atoms with Gasteiger partial charge in [0, 0.05) is 35.8 Å². The van der Waals surface area contributed by atoms with Gasteiger partial charge in [-0.15, -0.1) is 11.3 Å². The molecular weight excluding hydrogens is 461 g/mol. The van der Waals surface area contributed by atoms with Gasteiger partial charge in [0.2, 0.25) is 0 Å². The molecule has 5 heterocycles. The highest BCUT2D eigenvalue weighted by atomic mass is 32.1. The summed E-state index contributed by atoms with van der Waals surface area (Å²) in [4.78, 5) is 28.2. The van der Waals surface area contributed by atoms with Crippen LogP contribution < -0.4 is 10.2 Å². The number of hydrogen-bond donors (Lipinski definition) is 1. The molecule has 1 aromatic carbocycles. The number of pyridine rings is 1. The van der Waals surface area contributed by atoms with Crippen LogP contribution in [0.4, 0.5) is 15.2 Å². The van der Waals surface area contributed by atoms with E-state index in [2.05, 4.69) is 25.2 Å². The summed E-state index contributed by atoms with van der Waals surface area (Å²) in [5, 5.41) is 7.08. The predicted octanol–water partition coefficient (Wildman–Crippen LogP) is 5.67. The van der Waals surface area contributed by atoms with Gasteiger partial charge >= 0.3 is 0 Å². The third-order valence-corrected chi connectivity index (χ3v) is 7.83. The molecule has 0 saturated carbocycles. The van der Waals surface area contributed by atoms with Gasteiger partial charge in [-0.05, 0) is 31.0 Å². The van der Waals surface area contributed by atoms with E-state index in [0.29, 0.717) is 22.3 Å². The molecule has 166 valence electrons. The van der Waals surface area contributed by atoms with Crippen molar-refractivity contribution in [1.29, 1.82) is 0 Å². The van der Waals surface area contributed by atoms with Crippen molar-refractivity contribution < 1.29 is 13.6 Å². The molecule has 7 nitrogen and oxygen atoms in total. The van der Waals surface area contributed by atoms with E-state index in [9.17, 15) is 9.18 Å². The summed E-state index contributed by atoms with van der Waals surface area (Å²) in [7, 11) is 0. The molecule has 4 aromatic heterocycles. The number of benzene rings is 1. The molecule has 5 aromatic rings. The maximum Gasteiger partial charge on any atom is 0.276 e.